The molecule has 27 heavy (non-hydrogen) atoms. The van der Waals surface area contributed by atoms with Crippen molar-refractivity contribution in [2.75, 3.05) is 11.9 Å². The summed E-state index contributed by atoms with van der Waals surface area (Å²) in [5.41, 5.74) is 2.33. The molecule has 2 aromatic rings. The summed E-state index contributed by atoms with van der Waals surface area (Å²) in [6.07, 6.45) is 0. The van der Waals surface area contributed by atoms with E-state index in [1.54, 1.807) is 19.1 Å². The van der Waals surface area contributed by atoms with Crippen molar-refractivity contribution in [2.24, 2.45) is 0 Å². The molecule has 140 valence electrons. The lowest BCUT2D eigenvalue weighted by molar-refractivity contribution is -0.113. The first kappa shape index (κ1) is 19.0. The highest BCUT2D eigenvalue weighted by atomic mass is 79.9. The Labute approximate surface area is 166 Å². The molecule has 0 saturated heterocycles. The maximum atomic E-state index is 13.0. The van der Waals surface area contributed by atoms with Crippen LogP contribution in [0.25, 0.3) is 0 Å². The molecule has 1 atom stereocenters. The number of hydrogen-bond donors (Lipinski definition) is 3. The van der Waals surface area contributed by atoms with Crippen LogP contribution in [-0.2, 0) is 4.79 Å². The molecule has 0 saturated carbocycles. The Morgan fingerprint density at radius 3 is 2.59 bits per heavy atom. The van der Waals surface area contributed by atoms with Gasteiger partial charge in [0.05, 0.1) is 18.2 Å². The van der Waals surface area contributed by atoms with Gasteiger partial charge in [-0.25, -0.2) is 4.79 Å². The van der Waals surface area contributed by atoms with Crippen molar-refractivity contribution in [1.82, 2.24) is 10.6 Å². The van der Waals surface area contributed by atoms with Crippen molar-refractivity contribution in [1.29, 1.82) is 0 Å². The van der Waals surface area contributed by atoms with Gasteiger partial charge in [0.2, 0.25) is 0 Å². The van der Waals surface area contributed by atoms with Gasteiger partial charge in [0, 0.05) is 21.4 Å². The summed E-state index contributed by atoms with van der Waals surface area (Å²) in [6.45, 7) is 4.09. The molecule has 1 heterocycles. The SMILES string of the molecule is CCOc1ccccc1[C@H]1NC(=O)NC(C)=C1C(=O)Nc1ccc(Br)cc1. The first-order valence-corrected chi connectivity index (χ1v) is 9.35. The van der Waals surface area contributed by atoms with E-state index >= 15 is 0 Å². The van der Waals surface area contributed by atoms with E-state index in [0.29, 0.717) is 29.3 Å². The lowest BCUT2D eigenvalue weighted by Gasteiger charge is -2.29. The molecule has 3 amide bonds. The Morgan fingerprint density at radius 2 is 1.89 bits per heavy atom. The van der Waals surface area contributed by atoms with Crippen LogP contribution in [0.1, 0.15) is 25.5 Å². The number of anilines is 1. The van der Waals surface area contributed by atoms with Crippen LogP contribution < -0.4 is 20.7 Å². The van der Waals surface area contributed by atoms with Crippen LogP contribution in [0.4, 0.5) is 10.5 Å². The molecule has 0 unspecified atom stereocenters. The fourth-order valence-electron chi connectivity index (χ4n) is 2.97. The van der Waals surface area contributed by atoms with E-state index in [0.717, 1.165) is 10.0 Å². The van der Waals surface area contributed by atoms with E-state index in [1.807, 2.05) is 43.3 Å². The zero-order valence-corrected chi connectivity index (χ0v) is 16.6. The van der Waals surface area contributed by atoms with Crippen LogP contribution in [-0.4, -0.2) is 18.5 Å². The molecule has 0 spiro atoms. The minimum absolute atomic E-state index is 0.293. The van der Waals surface area contributed by atoms with Gasteiger partial charge in [-0.05, 0) is 44.2 Å². The minimum Gasteiger partial charge on any atom is -0.494 e. The molecule has 2 aromatic carbocycles. The van der Waals surface area contributed by atoms with Crippen molar-refractivity contribution in [2.45, 2.75) is 19.9 Å². The van der Waals surface area contributed by atoms with Gasteiger partial charge in [0.15, 0.2) is 0 Å². The molecule has 0 bridgehead atoms. The maximum absolute atomic E-state index is 13.0. The first-order chi connectivity index (χ1) is 13.0. The highest BCUT2D eigenvalue weighted by Crippen LogP contribution is 2.33. The monoisotopic (exact) mass is 429 g/mol. The average molecular weight is 430 g/mol. The number of nitrogens with one attached hydrogen (secondary N) is 3. The Hall–Kier alpha value is -2.80. The number of rotatable bonds is 5. The fourth-order valence-corrected chi connectivity index (χ4v) is 3.23. The minimum atomic E-state index is -0.614. The van der Waals surface area contributed by atoms with Gasteiger partial charge in [0.1, 0.15) is 5.75 Å². The summed E-state index contributed by atoms with van der Waals surface area (Å²) in [4.78, 5) is 25.1. The third-order valence-corrected chi connectivity index (χ3v) is 4.67. The predicted octanol–water partition coefficient (Wildman–Crippen LogP) is 4.11. The van der Waals surface area contributed by atoms with Crippen LogP contribution in [0.3, 0.4) is 0 Å². The van der Waals surface area contributed by atoms with Crippen molar-refractivity contribution in [3.05, 3.63) is 69.8 Å². The van der Waals surface area contributed by atoms with E-state index < -0.39 is 6.04 Å². The van der Waals surface area contributed by atoms with Crippen LogP contribution >= 0.6 is 15.9 Å². The van der Waals surface area contributed by atoms with Gasteiger partial charge >= 0.3 is 6.03 Å². The second kappa shape index (κ2) is 8.26. The van der Waals surface area contributed by atoms with Crippen LogP contribution in [0.5, 0.6) is 5.75 Å². The number of ether oxygens (including phenoxy) is 1. The fraction of sp³-hybridized carbons (Fsp3) is 0.200. The molecule has 0 radical (unpaired) electrons. The lowest BCUT2D eigenvalue weighted by atomic mass is 9.94. The van der Waals surface area contributed by atoms with Crippen molar-refractivity contribution < 1.29 is 14.3 Å². The van der Waals surface area contributed by atoms with Gasteiger partial charge in [0.25, 0.3) is 5.91 Å². The second-order valence-electron chi connectivity index (χ2n) is 6.00. The molecule has 3 N–H and O–H groups in total. The van der Waals surface area contributed by atoms with Crippen molar-refractivity contribution in [3.8, 4) is 5.75 Å². The zero-order chi connectivity index (χ0) is 19.4. The highest BCUT2D eigenvalue weighted by Gasteiger charge is 2.32. The normalized spacial score (nSPS) is 16.4. The maximum Gasteiger partial charge on any atom is 0.319 e. The quantitative estimate of drug-likeness (QED) is 0.668. The highest BCUT2D eigenvalue weighted by molar-refractivity contribution is 9.10. The number of halogens is 1. The van der Waals surface area contributed by atoms with Crippen LogP contribution in [0, 0.1) is 0 Å². The lowest BCUT2D eigenvalue weighted by Crippen LogP contribution is -2.46. The van der Waals surface area contributed by atoms with E-state index in [9.17, 15) is 9.59 Å². The Morgan fingerprint density at radius 1 is 1.19 bits per heavy atom. The summed E-state index contributed by atoms with van der Waals surface area (Å²) in [6, 6.07) is 13.7. The summed E-state index contributed by atoms with van der Waals surface area (Å²) in [5, 5.41) is 8.39. The Balaban J connectivity index is 1.97. The smallest absolute Gasteiger partial charge is 0.319 e. The summed E-state index contributed by atoms with van der Waals surface area (Å²) >= 11 is 3.37. The standard InChI is InChI=1S/C20H20BrN3O3/c1-3-27-16-7-5-4-6-15(16)18-17(12(2)22-20(26)24-18)19(25)23-14-10-8-13(21)9-11-14/h4-11,18H,3H2,1-2H3,(H,23,25)(H2,22,24,26)/t18-/m1/s1. The zero-order valence-electron chi connectivity index (χ0n) is 15.0. The third kappa shape index (κ3) is 4.31. The number of amides is 3. The van der Waals surface area contributed by atoms with E-state index in [1.165, 1.54) is 0 Å². The van der Waals surface area contributed by atoms with Crippen molar-refractivity contribution in [3.63, 3.8) is 0 Å². The first-order valence-electron chi connectivity index (χ1n) is 8.56. The van der Waals surface area contributed by atoms with Crippen LogP contribution in [0.15, 0.2) is 64.3 Å². The average Bonchev–Trinajstić information content (AvgIpc) is 2.63. The van der Waals surface area contributed by atoms with Crippen LogP contribution in [0.2, 0.25) is 0 Å². The number of carbonyl (C=O) groups is 2. The van der Waals surface area contributed by atoms with E-state index in [-0.39, 0.29) is 11.9 Å². The second-order valence-corrected chi connectivity index (χ2v) is 6.92. The number of hydrogen-bond acceptors (Lipinski definition) is 3. The Bertz CT molecular complexity index is 894. The number of para-hydroxylation sites is 1. The molecule has 1 aliphatic heterocycles. The molecule has 7 heteroatoms. The molecule has 3 rings (SSSR count). The molecule has 0 aliphatic carbocycles. The molecular weight excluding hydrogens is 410 g/mol. The van der Waals surface area contributed by atoms with E-state index in [2.05, 4.69) is 31.9 Å². The predicted molar refractivity (Wildman–Crippen MR) is 107 cm³/mol. The van der Waals surface area contributed by atoms with Gasteiger partial charge in [-0.1, -0.05) is 34.1 Å². The van der Waals surface area contributed by atoms with Gasteiger partial charge < -0.3 is 20.7 Å². The van der Waals surface area contributed by atoms with Gasteiger partial charge in [-0.2, -0.15) is 0 Å². The van der Waals surface area contributed by atoms with Crippen molar-refractivity contribution >= 4 is 33.6 Å². The number of carbonyl (C=O) groups excluding carboxylic acids is 2. The molecule has 0 aromatic heterocycles. The number of urea groups is 1. The number of benzene rings is 2. The number of allylic oxidation sites excluding steroid dienone is 1. The van der Waals surface area contributed by atoms with Gasteiger partial charge in [-0.3, -0.25) is 4.79 Å². The largest absolute Gasteiger partial charge is 0.494 e. The van der Waals surface area contributed by atoms with E-state index in [4.69, 9.17) is 4.74 Å². The topological polar surface area (TPSA) is 79.5 Å². The van der Waals surface area contributed by atoms with Gasteiger partial charge in [-0.15, -0.1) is 0 Å². The molecule has 1 aliphatic rings. The summed E-state index contributed by atoms with van der Waals surface area (Å²) in [5.74, 6) is 0.340. The summed E-state index contributed by atoms with van der Waals surface area (Å²) in [7, 11) is 0. The third-order valence-electron chi connectivity index (χ3n) is 4.15. The Kier molecular flexibility index (Phi) is 5.81. The molecular formula is C20H20BrN3O3. The molecule has 6 nitrogen and oxygen atoms in total. The molecule has 0 fully saturated rings. The summed E-state index contributed by atoms with van der Waals surface area (Å²) < 4.78 is 6.61.